The monoisotopic (exact) mass is 417 g/mol. The Kier molecular flexibility index (Phi) is 9.30. The molecule has 1 heterocycles. The largest absolute Gasteiger partial charge is 0.383 e. The Labute approximate surface area is 179 Å². The molecule has 1 aromatic rings. The molecule has 7 nitrogen and oxygen atoms in total. The zero-order valence-corrected chi connectivity index (χ0v) is 18.6. The van der Waals surface area contributed by atoms with Crippen LogP contribution in [0.2, 0.25) is 0 Å². The summed E-state index contributed by atoms with van der Waals surface area (Å²) in [5.74, 6) is -0.0127. The summed E-state index contributed by atoms with van der Waals surface area (Å²) in [6.07, 6.45) is 1.90. The molecular formula is C23H35N3O4. The third-order valence-electron chi connectivity index (χ3n) is 5.43. The number of nitrogens with zero attached hydrogens (tertiary/aromatic N) is 1. The van der Waals surface area contributed by atoms with Crippen molar-refractivity contribution in [2.45, 2.75) is 46.1 Å². The number of benzene rings is 1. The predicted octanol–water partition coefficient (Wildman–Crippen LogP) is 2.14. The van der Waals surface area contributed by atoms with Crippen molar-refractivity contribution < 1.29 is 19.1 Å². The van der Waals surface area contributed by atoms with Gasteiger partial charge in [-0.05, 0) is 43.7 Å². The summed E-state index contributed by atoms with van der Waals surface area (Å²) in [4.78, 5) is 39.8. The van der Waals surface area contributed by atoms with Crippen LogP contribution in [-0.2, 0) is 14.3 Å². The second kappa shape index (κ2) is 11.7. The average molecular weight is 418 g/mol. The van der Waals surface area contributed by atoms with Gasteiger partial charge in [-0.3, -0.25) is 14.4 Å². The Hall–Kier alpha value is -2.41. The molecule has 0 aromatic heterocycles. The van der Waals surface area contributed by atoms with Crippen LogP contribution in [0.25, 0.3) is 0 Å². The summed E-state index contributed by atoms with van der Waals surface area (Å²) in [6, 6.07) is 6.64. The predicted molar refractivity (Wildman–Crippen MR) is 116 cm³/mol. The normalized spacial score (nSPS) is 15.7. The summed E-state index contributed by atoms with van der Waals surface area (Å²) in [5, 5.41) is 5.78. The summed E-state index contributed by atoms with van der Waals surface area (Å²) in [5.41, 5.74) is 1.60. The molecular weight excluding hydrogens is 382 g/mol. The van der Waals surface area contributed by atoms with Gasteiger partial charge in [0.25, 0.3) is 5.91 Å². The van der Waals surface area contributed by atoms with Crippen LogP contribution in [0.3, 0.4) is 0 Å². The first kappa shape index (κ1) is 23.9. The van der Waals surface area contributed by atoms with Crippen molar-refractivity contribution in [2.24, 2.45) is 11.8 Å². The van der Waals surface area contributed by atoms with E-state index in [1.165, 1.54) is 0 Å². The third kappa shape index (κ3) is 7.13. The molecule has 0 saturated carbocycles. The third-order valence-corrected chi connectivity index (χ3v) is 5.43. The lowest BCUT2D eigenvalue weighted by molar-refractivity contribution is -0.133. The van der Waals surface area contributed by atoms with Crippen LogP contribution < -0.4 is 10.6 Å². The van der Waals surface area contributed by atoms with Crippen molar-refractivity contribution in [2.75, 3.05) is 33.4 Å². The second-order valence-corrected chi connectivity index (χ2v) is 8.42. The molecule has 0 bridgehead atoms. The number of likely N-dealkylation sites (tertiary alicyclic amines) is 1. The number of rotatable bonds is 9. The van der Waals surface area contributed by atoms with Gasteiger partial charge in [0.2, 0.25) is 11.8 Å². The highest BCUT2D eigenvalue weighted by Crippen LogP contribution is 2.23. The molecule has 7 heteroatoms. The van der Waals surface area contributed by atoms with E-state index in [0.29, 0.717) is 57.0 Å². The summed E-state index contributed by atoms with van der Waals surface area (Å²) in [7, 11) is 1.58. The molecule has 30 heavy (non-hydrogen) atoms. The van der Waals surface area contributed by atoms with Crippen molar-refractivity contribution in [1.29, 1.82) is 0 Å². The summed E-state index contributed by atoms with van der Waals surface area (Å²) in [6.45, 7) is 8.04. The maximum atomic E-state index is 12.8. The highest BCUT2D eigenvalue weighted by molar-refractivity contribution is 5.97. The van der Waals surface area contributed by atoms with E-state index in [1.54, 1.807) is 19.2 Å². The van der Waals surface area contributed by atoms with Gasteiger partial charge in [-0.1, -0.05) is 31.5 Å². The van der Waals surface area contributed by atoms with E-state index in [0.717, 1.165) is 5.56 Å². The Morgan fingerprint density at radius 1 is 1.13 bits per heavy atom. The average Bonchev–Trinajstić information content (AvgIpc) is 2.72. The van der Waals surface area contributed by atoms with E-state index < -0.39 is 6.04 Å². The number of methoxy groups -OCH3 is 1. The fraction of sp³-hybridized carbons (Fsp3) is 0.609. The zero-order chi connectivity index (χ0) is 22.1. The SMILES string of the molecule is COCCNC(=O)C(NC(=O)c1ccc(C)cc1)C1CCN(C(=O)CC(C)C)CC1. The smallest absolute Gasteiger partial charge is 0.251 e. The van der Waals surface area contributed by atoms with Gasteiger partial charge in [-0.2, -0.15) is 0 Å². The fourth-order valence-electron chi connectivity index (χ4n) is 3.67. The molecule has 1 saturated heterocycles. The quantitative estimate of drug-likeness (QED) is 0.603. The first-order valence-corrected chi connectivity index (χ1v) is 10.7. The number of nitrogens with one attached hydrogen (secondary N) is 2. The van der Waals surface area contributed by atoms with E-state index in [-0.39, 0.29) is 23.6 Å². The lowest BCUT2D eigenvalue weighted by Crippen LogP contribution is -2.54. The van der Waals surface area contributed by atoms with Crippen LogP contribution in [0.15, 0.2) is 24.3 Å². The van der Waals surface area contributed by atoms with Gasteiger partial charge in [-0.25, -0.2) is 0 Å². The van der Waals surface area contributed by atoms with Gasteiger partial charge in [0.1, 0.15) is 6.04 Å². The molecule has 1 atom stereocenters. The molecule has 0 radical (unpaired) electrons. The molecule has 2 N–H and O–H groups in total. The van der Waals surface area contributed by atoms with Crippen LogP contribution >= 0.6 is 0 Å². The Balaban J connectivity index is 2.04. The minimum atomic E-state index is -0.641. The van der Waals surface area contributed by atoms with E-state index in [4.69, 9.17) is 4.74 Å². The lowest BCUT2D eigenvalue weighted by Gasteiger charge is -2.36. The fourth-order valence-corrected chi connectivity index (χ4v) is 3.67. The van der Waals surface area contributed by atoms with Gasteiger partial charge in [0.15, 0.2) is 0 Å². The van der Waals surface area contributed by atoms with Gasteiger partial charge in [0.05, 0.1) is 6.61 Å². The number of carbonyl (C=O) groups excluding carboxylic acids is 3. The topological polar surface area (TPSA) is 87.7 Å². The van der Waals surface area contributed by atoms with Crippen molar-refractivity contribution in [3.05, 3.63) is 35.4 Å². The van der Waals surface area contributed by atoms with Gasteiger partial charge in [-0.15, -0.1) is 0 Å². The maximum Gasteiger partial charge on any atom is 0.251 e. The summed E-state index contributed by atoms with van der Waals surface area (Å²) >= 11 is 0. The zero-order valence-electron chi connectivity index (χ0n) is 18.6. The van der Waals surface area contributed by atoms with Crippen molar-refractivity contribution >= 4 is 17.7 Å². The summed E-state index contributed by atoms with van der Waals surface area (Å²) < 4.78 is 5.00. The van der Waals surface area contributed by atoms with E-state index in [9.17, 15) is 14.4 Å². The van der Waals surface area contributed by atoms with Crippen LogP contribution in [0.4, 0.5) is 0 Å². The molecule has 0 spiro atoms. The standard InChI is InChI=1S/C23H35N3O4/c1-16(2)15-20(27)26-12-9-18(10-13-26)21(23(29)24-11-14-30-4)25-22(28)19-7-5-17(3)6-8-19/h5-8,16,18,21H,9-15H2,1-4H3,(H,24,29)(H,25,28). The number of amides is 3. The van der Waals surface area contributed by atoms with Gasteiger partial charge >= 0.3 is 0 Å². The first-order chi connectivity index (χ1) is 14.3. The van der Waals surface area contributed by atoms with E-state index in [2.05, 4.69) is 10.6 Å². The number of hydrogen-bond donors (Lipinski definition) is 2. The molecule has 166 valence electrons. The van der Waals surface area contributed by atoms with E-state index in [1.807, 2.05) is 37.8 Å². The molecule has 3 amide bonds. The minimum Gasteiger partial charge on any atom is -0.383 e. The van der Waals surface area contributed by atoms with Crippen molar-refractivity contribution in [1.82, 2.24) is 15.5 Å². The maximum absolute atomic E-state index is 12.8. The van der Waals surface area contributed by atoms with Crippen molar-refractivity contribution in [3.63, 3.8) is 0 Å². The number of ether oxygens (including phenoxy) is 1. The molecule has 0 aliphatic carbocycles. The van der Waals surface area contributed by atoms with E-state index >= 15 is 0 Å². The highest BCUT2D eigenvalue weighted by atomic mass is 16.5. The van der Waals surface area contributed by atoms with Crippen LogP contribution in [0.5, 0.6) is 0 Å². The Bertz CT molecular complexity index is 710. The first-order valence-electron chi connectivity index (χ1n) is 10.7. The van der Waals surface area contributed by atoms with Crippen molar-refractivity contribution in [3.8, 4) is 0 Å². The number of carbonyl (C=O) groups is 3. The molecule has 1 fully saturated rings. The van der Waals surface area contributed by atoms with Gasteiger partial charge < -0.3 is 20.3 Å². The second-order valence-electron chi connectivity index (χ2n) is 8.42. The highest BCUT2D eigenvalue weighted by Gasteiger charge is 2.33. The molecule has 1 aliphatic rings. The van der Waals surface area contributed by atoms with Crippen LogP contribution in [-0.4, -0.2) is 62.0 Å². The lowest BCUT2D eigenvalue weighted by atomic mass is 9.88. The number of hydrogen-bond acceptors (Lipinski definition) is 4. The molecule has 1 aliphatic heterocycles. The Morgan fingerprint density at radius 3 is 2.33 bits per heavy atom. The molecule has 2 rings (SSSR count). The van der Waals surface area contributed by atoms with Gasteiger partial charge in [0, 0.05) is 38.7 Å². The Morgan fingerprint density at radius 2 is 1.77 bits per heavy atom. The number of aryl methyl sites for hydroxylation is 1. The molecule has 1 unspecified atom stereocenters. The minimum absolute atomic E-state index is 0.0231. The van der Waals surface area contributed by atoms with Crippen LogP contribution in [0, 0.1) is 18.8 Å². The number of piperidine rings is 1. The molecule has 1 aromatic carbocycles. The van der Waals surface area contributed by atoms with Crippen LogP contribution in [0.1, 0.15) is 49.0 Å².